The molecule has 1 aromatic carbocycles. The van der Waals surface area contributed by atoms with Crippen molar-refractivity contribution in [2.45, 2.75) is 12.8 Å². The molecule has 0 amide bonds. The summed E-state index contributed by atoms with van der Waals surface area (Å²) < 4.78 is 19.2. The summed E-state index contributed by atoms with van der Waals surface area (Å²) in [5, 5.41) is 4.88. The number of hydrogen-bond donors (Lipinski definition) is 1. The zero-order valence-corrected chi connectivity index (χ0v) is 10.9. The number of nitrogens with zero attached hydrogens (tertiary/aromatic N) is 2. The fraction of sp³-hybridized carbons (Fsp3) is 0.231. The number of halogens is 1. The van der Waals surface area contributed by atoms with Gasteiger partial charge in [0.2, 0.25) is 0 Å². The lowest BCUT2D eigenvalue weighted by atomic mass is 10.2. The lowest BCUT2D eigenvalue weighted by Crippen LogP contribution is -2.01. The fourth-order valence-corrected chi connectivity index (χ4v) is 2.84. The van der Waals surface area contributed by atoms with Crippen LogP contribution in [0.1, 0.15) is 12.2 Å². The van der Waals surface area contributed by atoms with Crippen LogP contribution in [-0.4, -0.2) is 16.7 Å². The van der Waals surface area contributed by atoms with Gasteiger partial charge < -0.3 is 10.3 Å². The molecule has 98 valence electrons. The van der Waals surface area contributed by atoms with Gasteiger partial charge >= 0.3 is 0 Å². The quantitative estimate of drug-likeness (QED) is 0.796. The first-order chi connectivity index (χ1) is 9.26. The highest BCUT2D eigenvalue weighted by atomic mass is 32.1. The lowest BCUT2D eigenvalue weighted by molar-refractivity contribution is 0.422. The molecule has 3 rings (SSSR count). The van der Waals surface area contributed by atoms with Crippen molar-refractivity contribution < 1.29 is 8.91 Å². The second-order valence-corrected chi connectivity index (χ2v) is 5.28. The first-order valence-electron chi connectivity index (χ1n) is 5.98. The molecule has 6 heteroatoms. The molecule has 0 saturated heterocycles. The molecule has 2 N–H and O–H groups in total. The number of nitrogens with two attached hydrogens (primary N) is 1. The van der Waals surface area contributed by atoms with E-state index in [0.717, 1.165) is 21.4 Å². The van der Waals surface area contributed by atoms with E-state index < -0.39 is 0 Å². The predicted molar refractivity (Wildman–Crippen MR) is 72.5 cm³/mol. The topological polar surface area (TPSA) is 64.9 Å². The molecular formula is C13H12FN3OS. The van der Waals surface area contributed by atoms with E-state index in [1.54, 1.807) is 6.07 Å². The molecule has 2 aromatic heterocycles. The van der Waals surface area contributed by atoms with Crippen molar-refractivity contribution in [3.8, 4) is 10.8 Å². The molecule has 0 unspecified atom stereocenters. The monoisotopic (exact) mass is 277 g/mol. The zero-order valence-electron chi connectivity index (χ0n) is 10.1. The van der Waals surface area contributed by atoms with Crippen LogP contribution >= 0.6 is 11.3 Å². The molecule has 0 fully saturated rings. The van der Waals surface area contributed by atoms with Crippen molar-refractivity contribution in [2.75, 3.05) is 6.54 Å². The normalized spacial score (nSPS) is 11.3. The van der Waals surface area contributed by atoms with Crippen molar-refractivity contribution >= 4 is 21.4 Å². The van der Waals surface area contributed by atoms with Crippen LogP contribution in [0, 0.1) is 5.82 Å². The molecule has 0 radical (unpaired) electrons. The number of thiophene rings is 1. The molecule has 0 spiro atoms. The summed E-state index contributed by atoms with van der Waals surface area (Å²) in [5.74, 6) is 0.896. The van der Waals surface area contributed by atoms with E-state index in [1.165, 1.54) is 23.5 Å². The Morgan fingerprint density at radius 2 is 2.21 bits per heavy atom. The molecule has 0 aliphatic rings. The SMILES string of the molecule is NCCCc1noc(-c2cc3ccc(F)cc3s2)n1. The molecule has 0 aliphatic carbocycles. The fourth-order valence-electron chi connectivity index (χ4n) is 1.83. The standard InChI is InChI=1S/C13H12FN3OS/c14-9-4-3-8-6-11(19-10(8)7-9)13-16-12(17-18-13)2-1-5-15/h3-4,6-7H,1-2,5,15H2. The van der Waals surface area contributed by atoms with Gasteiger partial charge in [0.05, 0.1) is 4.88 Å². The van der Waals surface area contributed by atoms with Crippen molar-refractivity contribution in [1.82, 2.24) is 10.1 Å². The first kappa shape index (κ1) is 12.3. The first-order valence-corrected chi connectivity index (χ1v) is 6.80. The molecule has 0 bridgehead atoms. The molecule has 0 saturated carbocycles. The summed E-state index contributed by atoms with van der Waals surface area (Å²) in [6.07, 6.45) is 1.54. The van der Waals surface area contributed by atoms with Crippen molar-refractivity contribution in [1.29, 1.82) is 0 Å². The zero-order chi connectivity index (χ0) is 13.2. The molecular weight excluding hydrogens is 265 g/mol. The second kappa shape index (κ2) is 5.07. The Bertz CT molecular complexity index is 707. The van der Waals surface area contributed by atoms with E-state index in [1.807, 2.05) is 6.07 Å². The van der Waals surface area contributed by atoms with Gasteiger partial charge in [-0.05, 0) is 36.6 Å². The highest BCUT2D eigenvalue weighted by Crippen LogP contribution is 2.32. The molecule has 3 aromatic rings. The number of benzene rings is 1. The number of rotatable bonds is 4. The van der Waals surface area contributed by atoms with E-state index in [4.69, 9.17) is 10.3 Å². The van der Waals surface area contributed by atoms with Gasteiger partial charge in [0.15, 0.2) is 5.82 Å². The summed E-state index contributed by atoms with van der Waals surface area (Å²) in [6, 6.07) is 6.63. The number of fused-ring (bicyclic) bond motifs is 1. The van der Waals surface area contributed by atoms with Gasteiger partial charge in [-0.1, -0.05) is 11.2 Å². The third-order valence-corrected chi connectivity index (χ3v) is 3.85. The van der Waals surface area contributed by atoms with Crippen LogP contribution in [-0.2, 0) is 6.42 Å². The third-order valence-electron chi connectivity index (χ3n) is 2.77. The average Bonchev–Trinajstić information content (AvgIpc) is 3.01. The van der Waals surface area contributed by atoms with E-state index >= 15 is 0 Å². The summed E-state index contributed by atoms with van der Waals surface area (Å²) >= 11 is 1.44. The van der Waals surface area contributed by atoms with Gasteiger partial charge in [-0.15, -0.1) is 11.3 Å². The van der Waals surface area contributed by atoms with Gasteiger partial charge in [0.25, 0.3) is 5.89 Å². The van der Waals surface area contributed by atoms with Crippen molar-refractivity contribution in [3.63, 3.8) is 0 Å². The molecule has 19 heavy (non-hydrogen) atoms. The van der Waals surface area contributed by atoms with Gasteiger partial charge in [-0.25, -0.2) is 4.39 Å². The van der Waals surface area contributed by atoms with Gasteiger partial charge in [0.1, 0.15) is 5.82 Å². The maximum atomic E-state index is 13.1. The maximum Gasteiger partial charge on any atom is 0.268 e. The largest absolute Gasteiger partial charge is 0.333 e. The summed E-state index contributed by atoms with van der Waals surface area (Å²) in [4.78, 5) is 5.17. The minimum atomic E-state index is -0.241. The van der Waals surface area contributed by atoms with Gasteiger partial charge in [0, 0.05) is 11.1 Å². The summed E-state index contributed by atoms with van der Waals surface area (Å²) in [6.45, 7) is 0.603. The Morgan fingerprint density at radius 1 is 1.32 bits per heavy atom. The van der Waals surface area contributed by atoms with Crippen LogP contribution < -0.4 is 5.73 Å². The molecule has 0 aliphatic heterocycles. The molecule has 4 nitrogen and oxygen atoms in total. The lowest BCUT2D eigenvalue weighted by Gasteiger charge is -1.88. The Balaban J connectivity index is 1.92. The Kier molecular flexibility index (Phi) is 3.27. The second-order valence-electron chi connectivity index (χ2n) is 4.20. The van der Waals surface area contributed by atoms with Crippen LogP contribution in [0.15, 0.2) is 28.8 Å². The van der Waals surface area contributed by atoms with E-state index in [2.05, 4.69) is 10.1 Å². The van der Waals surface area contributed by atoms with Gasteiger partial charge in [-0.3, -0.25) is 0 Å². The number of aromatic nitrogens is 2. The average molecular weight is 277 g/mol. The summed E-state index contributed by atoms with van der Waals surface area (Å²) in [5.41, 5.74) is 5.44. The minimum Gasteiger partial charge on any atom is -0.333 e. The van der Waals surface area contributed by atoms with Gasteiger partial charge in [-0.2, -0.15) is 4.98 Å². The van der Waals surface area contributed by atoms with Crippen LogP contribution in [0.4, 0.5) is 4.39 Å². The number of hydrogen-bond acceptors (Lipinski definition) is 5. The van der Waals surface area contributed by atoms with Crippen LogP contribution in [0.3, 0.4) is 0 Å². The Morgan fingerprint density at radius 3 is 3.05 bits per heavy atom. The predicted octanol–water partition coefficient (Wildman–Crippen LogP) is 2.98. The van der Waals surface area contributed by atoms with Crippen LogP contribution in [0.25, 0.3) is 20.9 Å². The highest BCUT2D eigenvalue weighted by molar-refractivity contribution is 7.22. The van der Waals surface area contributed by atoms with Crippen LogP contribution in [0.2, 0.25) is 0 Å². The van der Waals surface area contributed by atoms with Crippen molar-refractivity contribution in [3.05, 3.63) is 35.9 Å². The van der Waals surface area contributed by atoms with Crippen LogP contribution in [0.5, 0.6) is 0 Å². The summed E-state index contributed by atoms with van der Waals surface area (Å²) in [7, 11) is 0. The molecule has 2 heterocycles. The van der Waals surface area contributed by atoms with E-state index in [-0.39, 0.29) is 5.82 Å². The number of aryl methyl sites for hydroxylation is 1. The Hall–Kier alpha value is -1.79. The smallest absolute Gasteiger partial charge is 0.268 e. The molecule has 0 atom stereocenters. The Labute approximate surface area is 113 Å². The maximum absolute atomic E-state index is 13.1. The highest BCUT2D eigenvalue weighted by Gasteiger charge is 2.12. The van der Waals surface area contributed by atoms with E-state index in [9.17, 15) is 4.39 Å². The van der Waals surface area contributed by atoms with E-state index in [0.29, 0.717) is 24.7 Å². The minimum absolute atomic E-state index is 0.241. The third kappa shape index (κ3) is 2.50. The van der Waals surface area contributed by atoms with Crippen molar-refractivity contribution in [2.24, 2.45) is 5.73 Å².